The van der Waals surface area contributed by atoms with Crippen LogP contribution in [-0.4, -0.2) is 17.9 Å². The molecule has 2 N–H and O–H groups in total. The van der Waals surface area contributed by atoms with Gasteiger partial charge in [0.25, 0.3) is 0 Å². The Morgan fingerprint density at radius 3 is 2.62 bits per heavy atom. The molecule has 0 unspecified atom stereocenters. The smallest absolute Gasteiger partial charge is 0.225 e. The molecule has 2 rings (SSSR count). The van der Waals surface area contributed by atoms with Crippen LogP contribution in [0.1, 0.15) is 50.3 Å². The number of nitrogens with zero attached hydrogens (tertiary/aromatic N) is 1. The van der Waals surface area contributed by atoms with Crippen LogP contribution in [0.4, 0.5) is 5.88 Å². The number of nitrogens with two attached hydrogens (primary N) is 1. The number of rotatable bonds is 4. The molecule has 4 nitrogen and oxygen atoms in total. The lowest BCUT2D eigenvalue weighted by Crippen LogP contribution is -2.41. The molecule has 0 spiro atoms. The van der Waals surface area contributed by atoms with Crippen molar-refractivity contribution in [1.29, 1.82) is 0 Å². The fourth-order valence-corrected chi connectivity index (χ4v) is 2.42. The van der Waals surface area contributed by atoms with E-state index in [1.165, 1.54) is 6.42 Å². The molecular formula is C12H20N2O2. The van der Waals surface area contributed by atoms with E-state index in [2.05, 4.69) is 19.0 Å². The summed E-state index contributed by atoms with van der Waals surface area (Å²) >= 11 is 0. The van der Waals surface area contributed by atoms with Gasteiger partial charge < -0.3 is 15.0 Å². The Morgan fingerprint density at radius 1 is 1.50 bits per heavy atom. The molecule has 1 saturated carbocycles. The largest absolute Gasteiger partial charge is 0.378 e. The maximum atomic E-state index is 5.79. The van der Waals surface area contributed by atoms with E-state index in [4.69, 9.17) is 15.0 Å². The molecule has 1 aliphatic rings. The lowest BCUT2D eigenvalue weighted by molar-refractivity contribution is -0.0719. The van der Waals surface area contributed by atoms with Gasteiger partial charge in [-0.2, -0.15) is 0 Å². The third-order valence-corrected chi connectivity index (χ3v) is 3.60. The lowest BCUT2D eigenvalue weighted by Gasteiger charge is -2.40. The van der Waals surface area contributed by atoms with Gasteiger partial charge in [0.05, 0.1) is 11.3 Å². The van der Waals surface area contributed by atoms with Crippen LogP contribution >= 0.6 is 0 Å². The normalized spacial score (nSPS) is 18.8. The summed E-state index contributed by atoms with van der Waals surface area (Å²) in [6.07, 6.45) is 4.26. The first-order valence-electron chi connectivity index (χ1n) is 5.87. The third-order valence-electron chi connectivity index (χ3n) is 3.60. The van der Waals surface area contributed by atoms with E-state index in [1.54, 1.807) is 7.11 Å². The van der Waals surface area contributed by atoms with Crippen molar-refractivity contribution < 1.29 is 9.26 Å². The number of aromatic nitrogens is 1. The zero-order chi connectivity index (χ0) is 11.8. The van der Waals surface area contributed by atoms with Crippen LogP contribution in [0.2, 0.25) is 0 Å². The van der Waals surface area contributed by atoms with Crippen molar-refractivity contribution in [3.05, 3.63) is 11.3 Å². The number of hydrogen-bond acceptors (Lipinski definition) is 4. The second-order valence-electron chi connectivity index (χ2n) is 4.98. The van der Waals surface area contributed by atoms with Crippen LogP contribution in [0.15, 0.2) is 4.52 Å². The summed E-state index contributed by atoms with van der Waals surface area (Å²) in [6.45, 7) is 4.21. The monoisotopic (exact) mass is 224 g/mol. The molecule has 0 bridgehead atoms. The zero-order valence-corrected chi connectivity index (χ0v) is 10.2. The summed E-state index contributed by atoms with van der Waals surface area (Å²) in [5.74, 6) is 0.797. The van der Waals surface area contributed by atoms with Crippen LogP contribution in [0, 0.1) is 0 Å². The summed E-state index contributed by atoms with van der Waals surface area (Å²) < 4.78 is 10.7. The van der Waals surface area contributed by atoms with Crippen LogP contribution in [0.25, 0.3) is 0 Å². The molecule has 1 aromatic heterocycles. The Hall–Kier alpha value is -1.03. The van der Waals surface area contributed by atoms with Gasteiger partial charge in [-0.15, -0.1) is 0 Å². The first-order chi connectivity index (χ1) is 7.58. The van der Waals surface area contributed by atoms with Crippen molar-refractivity contribution in [2.45, 2.75) is 51.0 Å². The van der Waals surface area contributed by atoms with Crippen molar-refractivity contribution in [3.8, 4) is 0 Å². The number of nitrogen functional groups attached to an aromatic ring is 1. The molecule has 16 heavy (non-hydrogen) atoms. The van der Waals surface area contributed by atoms with Crippen LogP contribution in [0.5, 0.6) is 0 Å². The number of ether oxygens (including phenoxy) is 1. The second kappa shape index (κ2) is 4.09. The molecule has 0 aromatic carbocycles. The lowest BCUT2D eigenvalue weighted by atomic mass is 9.76. The van der Waals surface area contributed by atoms with Gasteiger partial charge in [0.2, 0.25) is 5.88 Å². The summed E-state index contributed by atoms with van der Waals surface area (Å²) in [4.78, 5) is 0. The first kappa shape index (κ1) is 11.5. The average molecular weight is 224 g/mol. The highest BCUT2D eigenvalue weighted by Gasteiger charge is 2.39. The van der Waals surface area contributed by atoms with E-state index in [9.17, 15) is 0 Å². The quantitative estimate of drug-likeness (QED) is 0.853. The van der Waals surface area contributed by atoms with E-state index in [-0.39, 0.29) is 5.60 Å². The summed E-state index contributed by atoms with van der Waals surface area (Å²) in [6, 6.07) is 0. The minimum Gasteiger partial charge on any atom is -0.378 e. The van der Waals surface area contributed by atoms with E-state index in [0.717, 1.165) is 30.5 Å². The van der Waals surface area contributed by atoms with Crippen molar-refractivity contribution in [2.75, 3.05) is 12.8 Å². The minimum atomic E-state index is -0.0209. The van der Waals surface area contributed by atoms with Gasteiger partial charge in [-0.25, -0.2) is 0 Å². The Bertz CT molecular complexity index is 362. The van der Waals surface area contributed by atoms with Crippen LogP contribution in [0.3, 0.4) is 0 Å². The minimum absolute atomic E-state index is 0.0209. The highest BCUT2D eigenvalue weighted by atomic mass is 16.5. The summed E-state index contributed by atoms with van der Waals surface area (Å²) in [5.41, 5.74) is 7.78. The van der Waals surface area contributed by atoms with Gasteiger partial charge in [-0.1, -0.05) is 19.0 Å². The predicted octanol–water partition coefficient (Wildman–Crippen LogP) is 2.49. The fraction of sp³-hybridized carbons (Fsp3) is 0.750. The number of hydrogen-bond donors (Lipinski definition) is 1. The van der Waals surface area contributed by atoms with Crippen molar-refractivity contribution in [2.24, 2.45) is 0 Å². The SMILES string of the molecule is COC1(Cc2noc(N)c2C(C)C)CCC1. The molecule has 0 radical (unpaired) electrons. The van der Waals surface area contributed by atoms with E-state index >= 15 is 0 Å². The molecule has 90 valence electrons. The Kier molecular flexibility index (Phi) is 2.93. The van der Waals surface area contributed by atoms with Crippen molar-refractivity contribution in [1.82, 2.24) is 5.16 Å². The third kappa shape index (κ3) is 1.82. The van der Waals surface area contributed by atoms with Gasteiger partial charge >= 0.3 is 0 Å². The fourth-order valence-electron chi connectivity index (χ4n) is 2.42. The van der Waals surface area contributed by atoms with E-state index in [1.807, 2.05) is 0 Å². The Labute approximate surface area is 96.1 Å². The molecule has 1 fully saturated rings. The summed E-state index contributed by atoms with van der Waals surface area (Å²) in [7, 11) is 1.78. The van der Waals surface area contributed by atoms with Gasteiger partial charge in [0.15, 0.2) is 0 Å². The molecule has 4 heteroatoms. The van der Waals surface area contributed by atoms with Crippen molar-refractivity contribution >= 4 is 5.88 Å². The molecule has 1 aromatic rings. The standard InChI is InChI=1S/C12H20N2O2/c1-8(2)10-9(14-16-11(10)13)7-12(15-3)5-4-6-12/h8H,4-7,13H2,1-3H3. The number of anilines is 1. The van der Waals surface area contributed by atoms with Crippen LogP contribution < -0.4 is 5.73 Å². The molecule has 0 saturated heterocycles. The molecular weight excluding hydrogens is 204 g/mol. The van der Waals surface area contributed by atoms with Crippen molar-refractivity contribution in [3.63, 3.8) is 0 Å². The summed E-state index contributed by atoms with van der Waals surface area (Å²) in [5, 5.41) is 4.07. The molecule has 1 heterocycles. The molecule has 0 aliphatic heterocycles. The topological polar surface area (TPSA) is 61.3 Å². The first-order valence-corrected chi connectivity index (χ1v) is 5.87. The maximum Gasteiger partial charge on any atom is 0.225 e. The molecule has 0 amide bonds. The van der Waals surface area contributed by atoms with Gasteiger partial charge in [-0.3, -0.25) is 0 Å². The number of methoxy groups -OCH3 is 1. The highest BCUT2D eigenvalue weighted by molar-refractivity contribution is 5.42. The van der Waals surface area contributed by atoms with E-state index < -0.39 is 0 Å². The molecule has 1 aliphatic carbocycles. The molecule has 0 atom stereocenters. The Balaban J connectivity index is 2.21. The van der Waals surface area contributed by atoms with Gasteiger partial charge in [0.1, 0.15) is 0 Å². The van der Waals surface area contributed by atoms with Crippen LogP contribution in [-0.2, 0) is 11.2 Å². The zero-order valence-electron chi connectivity index (χ0n) is 10.2. The van der Waals surface area contributed by atoms with Gasteiger partial charge in [0, 0.05) is 19.1 Å². The Morgan fingerprint density at radius 2 is 2.19 bits per heavy atom. The van der Waals surface area contributed by atoms with E-state index in [0.29, 0.717) is 11.8 Å². The average Bonchev–Trinajstić information content (AvgIpc) is 2.53. The second-order valence-corrected chi connectivity index (χ2v) is 4.98. The predicted molar refractivity (Wildman–Crippen MR) is 62.3 cm³/mol. The maximum absolute atomic E-state index is 5.79. The highest BCUT2D eigenvalue weighted by Crippen LogP contribution is 2.39. The van der Waals surface area contributed by atoms with Gasteiger partial charge in [-0.05, 0) is 25.2 Å².